The van der Waals surface area contributed by atoms with Crippen molar-refractivity contribution in [3.05, 3.63) is 0 Å². The van der Waals surface area contributed by atoms with E-state index in [9.17, 15) is 0 Å². The van der Waals surface area contributed by atoms with Gasteiger partial charge < -0.3 is 0 Å². The second-order valence-corrected chi connectivity index (χ2v) is 3.53. The van der Waals surface area contributed by atoms with Gasteiger partial charge in [-0.2, -0.15) is 0 Å². The predicted octanol–water partition coefficient (Wildman–Crippen LogP) is 3.21. The van der Waals surface area contributed by atoms with Crippen LogP contribution in [0.15, 0.2) is 0 Å². The molecule has 0 saturated heterocycles. The molecule has 5 heteroatoms. The van der Waals surface area contributed by atoms with E-state index >= 15 is 0 Å². The van der Waals surface area contributed by atoms with Gasteiger partial charge in [0.1, 0.15) is 0 Å². The molecule has 0 aromatic heterocycles. The molecule has 0 radical (unpaired) electrons. The van der Waals surface area contributed by atoms with Gasteiger partial charge >= 0.3 is 0 Å². The number of alkyl halides is 4. The quantitative estimate of drug-likeness (QED) is 0.475. The average molecular weight is 296 g/mol. The SMILES string of the molecule is ClCC(Cl)(Cl)Cl.I. The standard InChI is InChI=1S/C2H2Cl4.HI/c3-1-2(4,5)6;/h1H2;1H. The third kappa shape index (κ3) is 11.4. The van der Waals surface area contributed by atoms with E-state index in [0.29, 0.717) is 0 Å². The summed E-state index contributed by atoms with van der Waals surface area (Å²) in [6, 6.07) is 0. The van der Waals surface area contributed by atoms with Crippen molar-refractivity contribution in [2.75, 3.05) is 5.88 Å². The number of rotatable bonds is 0. The molecular weight excluding hydrogens is 293 g/mol. The Hall–Kier alpha value is 1.89. The Morgan fingerprint density at radius 3 is 1.29 bits per heavy atom. The first-order chi connectivity index (χ1) is 2.56. The first-order valence-electron chi connectivity index (χ1n) is 1.19. The molecule has 0 amide bonds. The van der Waals surface area contributed by atoms with E-state index in [0.717, 1.165) is 0 Å². The summed E-state index contributed by atoms with van der Waals surface area (Å²) in [7, 11) is 0. The van der Waals surface area contributed by atoms with Crippen LogP contribution in [0.3, 0.4) is 0 Å². The topological polar surface area (TPSA) is 0 Å². The van der Waals surface area contributed by atoms with Crippen LogP contribution >= 0.6 is 70.4 Å². The fourth-order valence-electron chi connectivity index (χ4n) is 0. The summed E-state index contributed by atoms with van der Waals surface area (Å²) in [6.45, 7) is 0. The van der Waals surface area contributed by atoms with E-state index in [1.807, 2.05) is 0 Å². The summed E-state index contributed by atoms with van der Waals surface area (Å²) in [6.07, 6.45) is 0. The molecule has 0 atom stereocenters. The maximum absolute atomic E-state index is 5.12. The lowest BCUT2D eigenvalue weighted by Crippen LogP contribution is -2.01. The molecule has 0 fully saturated rings. The highest BCUT2D eigenvalue weighted by Crippen LogP contribution is 2.26. The fourth-order valence-corrected chi connectivity index (χ4v) is 0. The van der Waals surface area contributed by atoms with Crippen LogP contribution < -0.4 is 0 Å². The largest absolute Gasteiger partial charge is 0.203 e. The molecule has 46 valence electrons. The van der Waals surface area contributed by atoms with Crippen LogP contribution in [-0.2, 0) is 0 Å². The summed E-state index contributed by atoms with van der Waals surface area (Å²) < 4.78 is -1.28. The summed E-state index contributed by atoms with van der Waals surface area (Å²) in [5.74, 6) is 0.0394. The van der Waals surface area contributed by atoms with Crippen molar-refractivity contribution < 1.29 is 0 Å². The van der Waals surface area contributed by atoms with Crippen molar-refractivity contribution >= 4 is 70.4 Å². The number of halogens is 5. The van der Waals surface area contributed by atoms with E-state index in [1.165, 1.54) is 0 Å². The third-order valence-electron chi connectivity index (χ3n) is 0.152. The highest BCUT2D eigenvalue weighted by Gasteiger charge is 2.16. The highest BCUT2D eigenvalue weighted by atomic mass is 127. The molecule has 0 saturated carbocycles. The first-order valence-corrected chi connectivity index (χ1v) is 2.86. The van der Waals surface area contributed by atoms with Gasteiger partial charge in [0.25, 0.3) is 0 Å². The molecule has 0 aliphatic heterocycles. The summed E-state index contributed by atoms with van der Waals surface area (Å²) in [5.41, 5.74) is 0. The summed E-state index contributed by atoms with van der Waals surface area (Å²) >= 11 is 20.4. The van der Waals surface area contributed by atoms with E-state index < -0.39 is 3.79 Å². The summed E-state index contributed by atoms with van der Waals surface area (Å²) in [5, 5.41) is 0. The van der Waals surface area contributed by atoms with Crippen LogP contribution in [0.4, 0.5) is 0 Å². The zero-order chi connectivity index (χ0) is 5.21. The molecule has 7 heavy (non-hydrogen) atoms. The first kappa shape index (κ1) is 11.7. The van der Waals surface area contributed by atoms with Crippen LogP contribution in [0.2, 0.25) is 0 Å². The Kier molecular flexibility index (Phi) is 7.89. The molecule has 0 unspecified atom stereocenters. The van der Waals surface area contributed by atoms with Crippen LogP contribution in [-0.4, -0.2) is 9.67 Å². The fraction of sp³-hybridized carbons (Fsp3) is 1.00. The molecule has 0 aromatic carbocycles. The van der Waals surface area contributed by atoms with Gasteiger partial charge in [-0.1, -0.05) is 34.8 Å². The van der Waals surface area contributed by atoms with Gasteiger partial charge in [-0.15, -0.1) is 35.6 Å². The van der Waals surface area contributed by atoms with Gasteiger partial charge in [0.05, 0.1) is 5.88 Å². The smallest absolute Gasteiger partial charge is 0.122 e. The zero-order valence-corrected chi connectivity index (χ0v) is 8.48. The molecule has 0 N–H and O–H groups in total. The van der Waals surface area contributed by atoms with Crippen molar-refractivity contribution in [2.45, 2.75) is 3.79 Å². The molecule has 0 rings (SSSR count). The molecule has 0 heterocycles. The van der Waals surface area contributed by atoms with Gasteiger partial charge in [-0.3, -0.25) is 0 Å². The normalized spacial score (nSPS) is 10.3. The Balaban J connectivity index is 0. The zero-order valence-electron chi connectivity index (χ0n) is 3.13. The number of hydrogen-bond donors (Lipinski definition) is 0. The maximum atomic E-state index is 5.12. The van der Waals surface area contributed by atoms with E-state index in [-0.39, 0.29) is 29.9 Å². The van der Waals surface area contributed by atoms with E-state index in [1.54, 1.807) is 0 Å². The molecular formula is C2H3Cl4I. The van der Waals surface area contributed by atoms with Gasteiger partial charge in [0, 0.05) is 0 Å². The maximum Gasteiger partial charge on any atom is 0.203 e. The minimum atomic E-state index is -1.28. The van der Waals surface area contributed by atoms with Crippen molar-refractivity contribution in [1.29, 1.82) is 0 Å². The molecule has 0 aromatic rings. The van der Waals surface area contributed by atoms with Crippen LogP contribution in [0, 0.1) is 0 Å². The van der Waals surface area contributed by atoms with E-state index in [2.05, 4.69) is 0 Å². The van der Waals surface area contributed by atoms with Crippen molar-refractivity contribution in [2.24, 2.45) is 0 Å². The van der Waals surface area contributed by atoms with Crippen molar-refractivity contribution in [3.8, 4) is 0 Å². The van der Waals surface area contributed by atoms with Crippen LogP contribution in [0.1, 0.15) is 0 Å². The molecule has 0 aliphatic rings. The predicted molar refractivity (Wildman–Crippen MR) is 46.4 cm³/mol. The van der Waals surface area contributed by atoms with Gasteiger partial charge in [0.2, 0.25) is 3.79 Å². The van der Waals surface area contributed by atoms with Gasteiger partial charge in [-0.25, -0.2) is 0 Å². The minimum absolute atomic E-state index is 0. The second-order valence-electron chi connectivity index (χ2n) is 0.749. The Labute approximate surface area is 79.5 Å². The third-order valence-corrected chi connectivity index (χ3v) is 1.36. The Bertz CT molecular complexity index is 39.4. The minimum Gasteiger partial charge on any atom is -0.122 e. The lowest BCUT2D eigenvalue weighted by molar-refractivity contribution is 1.28. The Morgan fingerprint density at radius 1 is 1.14 bits per heavy atom. The van der Waals surface area contributed by atoms with Crippen molar-refractivity contribution in [3.63, 3.8) is 0 Å². The lowest BCUT2D eigenvalue weighted by Gasteiger charge is -2.00. The second kappa shape index (κ2) is 4.74. The monoisotopic (exact) mass is 294 g/mol. The van der Waals surface area contributed by atoms with E-state index in [4.69, 9.17) is 46.4 Å². The van der Waals surface area contributed by atoms with Crippen LogP contribution in [0.25, 0.3) is 0 Å². The molecule has 0 bridgehead atoms. The van der Waals surface area contributed by atoms with Gasteiger partial charge in [-0.05, 0) is 0 Å². The van der Waals surface area contributed by atoms with Crippen molar-refractivity contribution in [1.82, 2.24) is 0 Å². The highest BCUT2D eigenvalue weighted by molar-refractivity contribution is 14.0. The average Bonchev–Trinajstić information content (AvgIpc) is 1.35. The Morgan fingerprint density at radius 2 is 1.29 bits per heavy atom. The van der Waals surface area contributed by atoms with Crippen LogP contribution in [0.5, 0.6) is 0 Å². The van der Waals surface area contributed by atoms with Gasteiger partial charge in [0.15, 0.2) is 0 Å². The molecule has 0 spiro atoms. The lowest BCUT2D eigenvalue weighted by atomic mass is 10.9. The molecule has 0 nitrogen and oxygen atoms in total. The molecule has 0 aliphatic carbocycles. The number of hydrogen-bond acceptors (Lipinski definition) is 0. The summed E-state index contributed by atoms with van der Waals surface area (Å²) in [4.78, 5) is 0.